The third-order valence-corrected chi connectivity index (χ3v) is 4.16. The molecule has 4 heteroatoms. The number of rotatable bonds is 4. The van der Waals surface area contributed by atoms with E-state index >= 15 is 0 Å². The Morgan fingerprint density at radius 2 is 1.36 bits per heavy atom. The molecule has 0 unspecified atom stereocenters. The van der Waals surface area contributed by atoms with Crippen LogP contribution in [0.3, 0.4) is 0 Å². The van der Waals surface area contributed by atoms with Crippen LogP contribution in [0.5, 0.6) is 0 Å². The Balaban J connectivity index is 1.68. The lowest BCUT2D eigenvalue weighted by molar-refractivity contribution is -0.116. The zero-order valence-electron chi connectivity index (χ0n) is 13.5. The molecule has 0 radical (unpaired) electrons. The number of nitrogens with one attached hydrogen (secondary N) is 2. The van der Waals surface area contributed by atoms with Crippen LogP contribution in [0.15, 0.2) is 84.9 Å². The van der Waals surface area contributed by atoms with Gasteiger partial charge < -0.3 is 4.98 Å². The molecule has 1 heterocycles. The van der Waals surface area contributed by atoms with Crippen molar-refractivity contribution in [2.75, 3.05) is 5.32 Å². The number of para-hydroxylation sites is 2. The van der Waals surface area contributed by atoms with Gasteiger partial charge in [0.2, 0.25) is 11.9 Å². The summed E-state index contributed by atoms with van der Waals surface area (Å²) in [6.07, 6.45) is 0. The summed E-state index contributed by atoms with van der Waals surface area (Å²) in [5.41, 5.74) is 3.62. The van der Waals surface area contributed by atoms with E-state index in [1.165, 1.54) is 0 Å². The zero-order chi connectivity index (χ0) is 17.1. The van der Waals surface area contributed by atoms with E-state index in [-0.39, 0.29) is 5.91 Å². The lowest BCUT2D eigenvalue weighted by Crippen LogP contribution is -2.22. The Morgan fingerprint density at radius 1 is 0.800 bits per heavy atom. The standard InChI is InChI=1S/C21H17N3O/c25-20(24-21-22-17-13-7-8-14-18(17)23-21)19(15-9-3-1-4-10-15)16-11-5-2-6-12-16/h1-14,19H,(H2,22,23,24,25). The van der Waals surface area contributed by atoms with Crippen LogP contribution in [0, 0.1) is 0 Å². The maximum atomic E-state index is 13.0. The molecule has 4 aromatic rings. The second-order valence-corrected chi connectivity index (χ2v) is 5.85. The smallest absolute Gasteiger partial charge is 0.238 e. The SMILES string of the molecule is O=C(Nc1nc2ccccc2[nH]1)C(c1ccccc1)c1ccccc1. The Labute approximate surface area is 145 Å². The molecule has 4 rings (SSSR count). The topological polar surface area (TPSA) is 57.8 Å². The fourth-order valence-electron chi connectivity index (χ4n) is 2.99. The number of fused-ring (bicyclic) bond motifs is 1. The molecule has 122 valence electrons. The van der Waals surface area contributed by atoms with Crippen molar-refractivity contribution in [3.8, 4) is 0 Å². The lowest BCUT2D eigenvalue weighted by Gasteiger charge is -2.17. The normalized spacial score (nSPS) is 10.9. The number of nitrogens with zero attached hydrogens (tertiary/aromatic N) is 1. The molecule has 0 atom stereocenters. The van der Waals surface area contributed by atoms with E-state index in [0.29, 0.717) is 5.95 Å². The summed E-state index contributed by atoms with van der Waals surface area (Å²) in [5.74, 6) is -0.0462. The first kappa shape index (κ1) is 15.1. The maximum absolute atomic E-state index is 13.0. The van der Waals surface area contributed by atoms with Gasteiger partial charge in [0.25, 0.3) is 0 Å². The molecule has 1 aromatic heterocycles. The van der Waals surface area contributed by atoms with E-state index in [4.69, 9.17) is 0 Å². The Morgan fingerprint density at radius 3 is 1.96 bits per heavy atom. The number of hydrogen-bond acceptors (Lipinski definition) is 2. The van der Waals surface area contributed by atoms with Crippen LogP contribution in [-0.4, -0.2) is 15.9 Å². The summed E-state index contributed by atoms with van der Waals surface area (Å²) in [7, 11) is 0. The van der Waals surface area contributed by atoms with Crippen LogP contribution in [-0.2, 0) is 4.79 Å². The number of H-pyrrole nitrogens is 1. The van der Waals surface area contributed by atoms with Crippen LogP contribution in [0.4, 0.5) is 5.95 Å². The monoisotopic (exact) mass is 327 g/mol. The average molecular weight is 327 g/mol. The summed E-state index contributed by atoms with van der Waals surface area (Å²) in [5, 5.41) is 2.92. The molecule has 0 saturated heterocycles. The van der Waals surface area contributed by atoms with Gasteiger partial charge in [-0.25, -0.2) is 4.98 Å². The highest BCUT2D eigenvalue weighted by atomic mass is 16.2. The van der Waals surface area contributed by atoms with Gasteiger partial charge in [-0.05, 0) is 23.3 Å². The van der Waals surface area contributed by atoms with Crippen molar-refractivity contribution < 1.29 is 4.79 Å². The first-order valence-electron chi connectivity index (χ1n) is 8.17. The third kappa shape index (κ3) is 3.15. The van der Waals surface area contributed by atoms with Crippen molar-refractivity contribution >= 4 is 22.9 Å². The van der Waals surface area contributed by atoms with Gasteiger partial charge >= 0.3 is 0 Å². The van der Waals surface area contributed by atoms with Gasteiger partial charge in [0, 0.05) is 0 Å². The molecule has 25 heavy (non-hydrogen) atoms. The van der Waals surface area contributed by atoms with Crippen molar-refractivity contribution in [3.05, 3.63) is 96.1 Å². The maximum Gasteiger partial charge on any atom is 0.238 e. The van der Waals surface area contributed by atoms with E-state index in [9.17, 15) is 4.79 Å². The molecule has 0 aliphatic rings. The van der Waals surface area contributed by atoms with Crippen molar-refractivity contribution in [1.29, 1.82) is 0 Å². The molecule has 0 saturated carbocycles. The summed E-state index contributed by atoms with van der Waals surface area (Å²) < 4.78 is 0. The summed E-state index contributed by atoms with van der Waals surface area (Å²) in [6, 6.07) is 27.2. The average Bonchev–Trinajstić information content (AvgIpc) is 3.06. The summed E-state index contributed by atoms with van der Waals surface area (Å²) in [4.78, 5) is 20.6. The number of carbonyl (C=O) groups is 1. The molecular formula is C21H17N3O. The van der Waals surface area contributed by atoms with Crippen molar-refractivity contribution in [2.45, 2.75) is 5.92 Å². The largest absolute Gasteiger partial charge is 0.324 e. The van der Waals surface area contributed by atoms with Gasteiger partial charge in [-0.15, -0.1) is 0 Å². The van der Waals surface area contributed by atoms with Gasteiger partial charge in [0.05, 0.1) is 17.0 Å². The Hall–Kier alpha value is -3.40. The number of hydrogen-bond donors (Lipinski definition) is 2. The fraction of sp³-hybridized carbons (Fsp3) is 0.0476. The van der Waals surface area contributed by atoms with E-state index in [2.05, 4.69) is 15.3 Å². The minimum atomic E-state index is -0.393. The van der Waals surface area contributed by atoms with E-state index in [1.54, 1.807) is 0 Å². The number of amides is 1. The van der Waals surface area contributed by atoms with Crippen molar-refractivity contribution in [1.82, 2.24) is 9.97 Å². The first-order chi connectivity index (χ1) is 12.3. The highest BCUT2D eigenvalue weighted by molar-refractivity contribution is 5.98. The number of carbonyl (C=O) groups excluding carboxylic acids is 1. The number of aromatic nitrogens is 2. The molecule has 0 aliphatic heterocycles. The number of benzene rings is 3. The first-order valence-corrected chi connectivity index (χ1v) is 8.17. The Bertz CT molecular complexity index is 921. The lowest BCUT2D eigenvalue weighted by atomic mass is 9.90. The van der Waals surface area contributed by atoms with Crippen LogP contribution < -0.4 is 5.32 Å². The van der Waals surface area contributed by atoms with Crippen molar-refractivity contribution in [2.24, 2.45) is 0 Å². The van der Waals surface area contributed by atoms with Gasteiger partial charge in [0.1, 0.15) is 0 Å². The predicted octanol–water partition coefficient (Wildman–Crippen LogP) is 4.33. The van der Waals surface area contributed by atoms with Crippen LogP contribution in [0.25, 0.3) is 11.0 Å². The second-order valence-electron chi connectivity index (χ2n) is 5.85. The molecule has 4 nitrogen and oxygen atoms in total. The zero-order valence-corrected chi connectivity index (χ0v) is 13.5. The van der Waals surface area contributed by atoms with Gasteiger partial charge in [-0.2, -0.15) is 0 Å². The molecular weight excluding hydrogens is 310 g/mol. The number of anilines is 1. The minimum Gasteiger partial charge on any atom is -0.324 e. The summed E-state index contributed by atoms with van der Waals surface area (Å²) >= 11 is 0. The Kier molecular flexibility index (Phi) is 4.01. The van der Waals surface area contributed by atoms with E-state index in [0.717, 1.165) is 22.2 Å². The molecule has 1 amide bonds. The van der Waals surface area contributed by atoms with E-state index in [1.807, 2.05) is 84.9 Å². The molecule has 3 aromatic carbocycles. The minimum absolute atomic E-state index is 0.114. The molecule has 2 N–H and O–H groups in total. The van der Waals surface area contributed by atoms with Crippen LogP contribution in [0.2, 0.25) is 0 Å². The molecule has 0 fully saturated rings. The fourth-order valence-corrected chi connectivity index (χ4v) is 2.99. The second kappa shape index (κ2) is 6.61. The van der Waals surface area contributed by atoms with Crippen LogP contribution in [0.1, 0.15) is 17.0 Å². The summed E-state index contributed by atoms with van der Waals surface area (Å²) in [6.45, 7) is 0. The van der Waals surface area contributed by atoms with Gasteiger partial charge in [-0.1, -0.05) is 72.8 Å². The van der Waals surface area contributed by atoms with Crippen LogP contribution >= 0.6 is 0 Å². The van der Waals surface area contributed by atoms with Crippen molar-refractivity contribution in [3.63, 3.8) is 0 Å². The molecule has 0 bridgehead atoms. The highest BCUT2D eigenvalue weighted by Gasteiger charge is 2.23. The highest BCUT2D eigenvalue weighted by Crippen LogP contribution is 2.26. The van der Waals surface area contributed by atoms with Gasteiger partial charge in [0.15, 0.2) is 0 Å². The number of imidazole rings is 1. The molecule has 0 aliphatic carbocycles. The predicted molar refractivity (Wildman–Crippen MR) is 99.5 cm³/mol. The number of aromatic amines is 1. The van der Waals surface area contributed by atoms with E-state index < -0.39 is 5.92 Å². The molecule has 0 spiro atoms. The quantitative estimate of drug-likeness (QED) is 0.586. The third-order valence-electron chi connectivity index (χ3n) is 4.16. The van der Waals surface area contributed by atoms with Gasteiger partial charge in [-0.3, -0.25) is 10.1 Å².